The standard InChI is InChI=1S/C17H17N3O8/c1-10(21)6-13-16(19(25)26)8-18(7-14(22)23)9-17(13,20(27)28)15(24)11-4-2-3-5-12(11)16/h2-5,13H,6-9H2,1H3,(H,22,23)/t13-,16+,17-/m1/s1. The molecule has 3 rings (SSSR count). The van der Waals surface area contributed by atoms with Gasteiger partial charge in [0.05, 0.1) is 19.6 Å². The van der Waals surface area contributed by atoms with Crippen molar-refractivity contribution in [3.05, 3.63) is 55.6 Å². The maximum absolute atomic E-state index is 13.2. The molecule has 0 aromatic heterocycles. The first-order chi connectivity index (χ1) is 13.1. The predicted octanol–water partition coefficient (Wildman–Crippen LogP) is 0.366. The van der Waals surface area contributed by atoms with Gasteiger partial charge in [-0.25, -0.2) is 0 Å². The monoisotopic (exact) mass is 391 g/mol. The van der Waals surface area contributed by atoms with Crippen LogP contribution in [0.25, 0.3) is 0 Å². The number of carbonyl (C=O) groups excluding carboxylic acids is 2. The molecule has 3 atom stereocenters. The summed E-state index contributed by atoms with van der Waals surface area (Å²) in [6.07, 6.45) is -0.539. The van der Waals surface area contributed by atoms with Gasteiger partial charge in [0.25, 0.3) is 5.54 Å². The van der Waals surface area contributed by atoms with Crippen molar-refractivity contribution < 1.29 is 29.3 Å². The minimum atomic E-state index is -2.49. The van der Waals surface area contributed by atoms with Crippen molar-refractivity contribution in [2.75, 3.05) is 19.6 Å². The number of nitrogens with zero attached hydrogens (tertiary/aromatic N) is 3. The molecule has 1 fully saturated rings. The van der Waals surface area contributed by atoms with Crippen molar-refractivity contribution in [3.63, 3.8) is 0 Å². The summed E-state index contributed by atoms with van der Waals surface area (Å²) < 4.78 is 0. The number of carbonyl (C=O) groups is 3. The fraction of sp³-hybridized carbons (Fsp3) is 0.471. The lowest BCUT2D eigenvalue weighted by Crippen LogP contribution is -2.75. The van der Waals surface area contributed by atoms with Crippen molar-refractivity contribution in [1.82, 2.24) is 4.90 Å². The zero-order chi connectivity index (χ0) is 20.9. The number of ketones is 2. The average molecular weight is 391 g/mol. The molecule has 11 heteroatoms. The van der Waals surface area contributed by atoms with E-state index in [-0.39, 0.29) is 11.1 Å². The van der Waals surface area contributed by atoms with Crippen LogP contribution in [-0.4, -0.2) is 62.6 Å². The predicted molar refractivity (Wildman–Crippen MR) is 92.0 cm³/mol. The molecule has 0 saturated carbocycles. The van der Waals surface area contributed by atoms with Crippen LogP contribution in [0.2, 0.25) is 0 Å². The van der Waals surface area contributed by atoms with E-state index >= 15 is 0 Å². The minimum absolute atomic E-state index is 0.0242. The van der Waals surface area contributed by atoms with Gasteiger partial charge in [0, 0.05) is 27.4 Å². The maximum Gasteiger partial charge on any atom is 0.317 e. The molecule has 11 nitrogen and oxygen atoms in total. The van der Waals surface area contributed by atoms with Crippen LogP contribution < -0.4 is 0 Å². The summed E-state index contributed by atoms with van der Waals surface area (Å²) in [6.45, 7) is -0.623. The van der Waals surface area contributed by atoms with E-state index in [1.807, 2.05) is 0 Å². The highest BCUT2D eigenvalue weighted by molar-refractivity contribution is 6.06. The lowest BCUT2D eigenvalue weighted by molar-refractivity contribution is -0.640. The largest absolute Gasteiger partial charge is 0.480 e. The van der Waals surface area contributed by atoms with Gasteiger partial charge in [-0.1, -0.05) is 24.3 Å². The van der Waals surface area contributed by atoms with Crippen LogP contribution in [-0.2, 0) is 15.1 Å². The molecule has 0 radical (unpaired) electrons. The molecule has 0 spiro atoms. The Morgan fingerprint density at radius 2 is 1.75 bits per heavy atom. The van der Waals surface area contributed by atoms with Crippen LogP contribution >= 0.6 is 0 Å². The van der Waals surface area contributed by atoms with Crippen LogP contribution in [0.15, 0.2) is 24.3 Å². The van der Waals surface area contributed by atoms with E-state index in [0.29, 0.717) is 0 Å². The average Bonchev–Trinajstić information content (AvgIpc) is 2.59. The number of rotatable bonds is 6. The van der Waals surface area contributed by atoms with Crippen molar-refractivity contribution in [2.24, 2.45) is 5.92 Å². The van der Waals surface area contributed by atoms with E-state index in [9.17, 15) is 34.6 Å². The molecule has 1 aromatic carbocycles. The minimum Gasteiger partial charge on any atom is -0.480 e. The number of benzene rings is 1. The second kappa shape index (κ2) is 6.44. The highest BCUT2D eigenvalue weighted by Crippen LogP contribution is 2.53. The Morgan fingerprint density at radius 1 is 1.18 bits per heavy atom. The number of hydrogen-bond donors (Lipinski definition) is 1. The van der Waals surface area contributed by atoms with E-state index in [0.717, 1.165) is 11.8 Å². The van der Waals surface area contributed by atoms with Gasteiger partial charge in [0.2, 0.25) is 5.78 Å². The van der Waals surface area contributed by atoms with Gasteiger partial charge in [-0.3, -0.25) is 34.7 Å². The van der Waals surface area contributed by atoms with E-state index < -0.39 is 70.4 Å². The first-order valence-corrected chi connectivity index (χ1v) is 8.44. The third kappa shape index (κ3) is 2.50. The fourth-order valence-corrected chi connectivity index (χ4v) is 4.63. The molecule has 1 N–H and O–H groups in total. The van der Waals surface area contributed by atoms with Gasteiger partial charge in [0.1, 0.15) is 11.7 Å². The van der Waals surface area contributed by atoms with Gasteiger partial charge < -0.3 is 9.90 Å². The number of nitro groups is 2. The van der Waals surface area contributed by atoms with Crippen molar-refractivity contribution in [1.29, 1.82) is 0 Å². The molecular formula is C17H17N3O8. The molecule has 1 aromatic rings. The van der Waals surface area contributed by atoms with Crippen LogP contribution in [0.4, 0.5) is 0 Å². The van der Waals surface area contributed by atoms with Gasteiger partial charge in [-0.15, -0.1) is 0 Å². The lowest BCUT2D eigenvalue weighted by Gasteiger charge is -2.50. The number of carboxylic acid groups (broad SMARTS) is 1. The first-order valence-electron chi connectivity index (χ1n) is 8.44. The number of Topliss-reactive ketones (excluding diaryl/α,β-unsaturated/α-hetero) is 2. The zero-order valence-corrected chi connectivity index (χ0v) is 14.9. The van der Waals surface area contributed by atoms with E-state index in [1.165, 1.54) is 24.3 Å². The molecule has 0 amide bonds. The van der Waals surface area contributed by atoms with E-state index in [4.69, 9.17) is 5.11 Å². The van der Waals surface area contributed by atoms with Crippen LogP contribution in [0.3, 0.4) is 0 Å². The Morgan fingerprint density at radius 3 is 2.29 bits per heavy atom. The number of aliphatic carboxylic acids is 1. The highest BCUT2D eigenvalue weighted by Gasteiger charge is 2.77. The SMILES string of the molecule is CC(=O)C[C@H]1[C@]2([N+](=O)[O-])CN(CC(=O)O)C[C@]1([N+](=O)[O-])c1ccccc1C2=O. The highest BCUT2D eigenvalue weighted by atomic mass is 16.6. The van der Waals surface area contributed by atoms with Gasteiger partial charge in [0.15, 0.2) is 0 Å². The van der Waals surface area contributed by atoms with Crippen molar-refractivity contribution in [3.8, 4) is 0 Å². The smallest absolute Gasteiger partial charge is 0.317 e. The van der Waals surface area contributed by atoms with Crippen molar-refractivity contribution >= 4 is 17.5 Å². The third-order valence-corrected chi connectivity index (χ3v) is 5.62. The molecule has 1 saturated heterocycles. The molecule has 1 heterocycles. The number of fused-ring (bicyclic) bond motifs is 4. The molecule has 148 valence electrons. The van der Waals surface area contributed by atoms with Crippen LogP contribution in [0, 0.1) is 26.1 Å². The summed E-state index contributed by atoms with van der Waals surface area (Å²) in [5.41, 5.74) is -4.80. The molecule has 2 bridgehead atoms. The molecule has 0 unspecified atom stereocenters. The summed E-state index contributed by atoms with van der Waals surface area (Å²) in [5, 5.41) is 33.6. The summed E-state index contributed by atoms with van der Waals surface area (Å²) in [5.74, 6) is -4.33. The lowest BCUT2D eigenvalue weighted by atomic mass is 9.56. The first kappa shape index (κ1) is 19.5. The molecule has 1 aliphatic carbocycles. The number of hydrogen-bond acceptors (Lipinski definition) is 8. The quantitative estimate of drug-likeness (QED) is 0.533. The topological polar surface area (TPSA) is 161 Å². The summed E-state index contributed by atoms with van der Waals surface area (Å²) in [7, 11) is 0. The van der Waals surface area contributed by atoms with Gasteiger partial charge >= 0.3 is 11.5 Å². The molecular weight excluding hydrogens is 374 g/mol. The second-order valence-corrected chi connectivity index (χ2v) is 7.24. The van der Waals surface area contributed by atoms with Gasteiger partial charge in [-0.05, 0) is 6.92 Å². The summed E-state index contributed by atoms with van der Waals surface area (Å²) in [4.78, 5) is 60.3. The summed E-state index contributed by atoms with van der Waals surface area (Å²) in [6, 6.07) is 5.56. The number of piperidine rings is 1. The third-order valence-electron chi connectivity index (χ3n) is 5.62. The Kier molecular flexibility index (Phi) is 4.50. The normalized spacial score (nSPS) is 29.0. The molecule has 28 heavy (non-hydrogen) atoms. The molecule has 2 aliphatic rings. The fourth-order valence-electron chi connectivity index (χ4n) is 4.63. The Hall–Kier alpha value is -3.21. The zero-order valence-electron chi connectivity index (χ0n) is 14.9. The maximum atomic E-state index is 13.2. The van der Waals surface area contributed by atoms with E-state index in [1.54, 1.807) is 0 Å². The van der Waals surface area contributed by atoms with E-state index in [2.05, 4.69) is 0 Å². The second-order valence-electron chi connectivity index (χ2n) is 7.24. The number of likely N-dealkylation sites (tertiary alicyclic amines) is 1. The Labute approximate surface area is 158 Å². The Bertz CT molecular complexity index is 915. The van der Waals surface area contributed by atoms with Crippen LogP contribution in [0.1, 0.15) is 29.3 Å². The van der Waals surface area contributed by atoms with Crippen molar-refractivity contribution in [2.45, 2.75) is 24.4 Å². The molecule has 1 aliphatic heterocycles. The summed E-state index contributed by atoms with van der Waals surface area (Å²) >= 11 is 0. The van der Waals surface area contributed by atoms with Gasteiger partial charge in [-0.2, -0.15) is 0 Å². The van der Waals surface area contributed by atoms with Crippen LogP contribution in [0.5, 0.6) is 0 Å². The Balaban J connectivity index is 2.39. The number of carboxylic acids is 1.